The summed E-state index contributed by atoms with van der Waals surface area (Å²) in [6.45, 7) is 0. The Morgan fingerprint density at radius 3 is 2.75 bits per heavy atom. The van der Waals surface area contributed by atoms with Gasteiger partial charge >= 0.3 is 5.97 Å². The number of carbonyl (C=O) groups is 2. The first kappa shape index (κ1) is 18.9. The van der Waals surface area contributed by atoms with Gasteiger partial charge in [0.25, 0.3) is 0 Å². The van der Waals surface area contributed by atoms with Crippen molar-refractivity contribution in [2.24, 2.45) is 11.8 Å². The van der Waals surface area contributed by atoms with Gasteiger partial charge in [-0.3, -0.25) is 9.59 Å². The van der Waals surface area contributed by atoms with Crippen LogP contribution in [0.1, 0.15) is 70.6 Å². The number of rotatable bonds is 10. The number of hydrogen-bond donors (Lipinski definition) is 2. The Labute approximate surface area is 144 Å². The summed E-state index contributed by atoms with van der Waals surface area (Å²) >= 11 is 0. The van der Waals surface area contributed by atoms with Gasteiger partial charge in [0.15, 0.2) is 0 Å². The molecule has 1 fully saturated rings. The fourth-order valence-corrected chi connectivity index (χ4v) is 3.90. The molecule has 2 N–H and O–H groups in total. The van der Waals surface area contributed by atoms with E-state index < -0.39 is 5.97 Å². The Bertz CT molecular complexity index is 486. The number of aliphatic carboxylic acids is 1. The van der Waals surface area contributed by atoms with Gasteiger partial charge in [0.05, 0.1) is 6.10 Å². The van der Waals surface area contributed by atoms with Crippen molar-refractivity contribution in [3.05, 3.63) is 23.8 Å². The number of Topliss-reactive ketones (excluding diaryl/α,β-unsaturated/α-hetero) is 1. The van der Waals surface area contributed by atoms with Gasteiger partial charge in [-0.1, -0.05) is 36.6 Å². The highest BCUT2D eigenvalue weighted by atomic mass is 16.4. The van der Waals surface area contributed by atoms with Gasteiger partial charge in [0, 0.05) is 18.8 Å². The number of carboxylic acids is 1. The highest BCUT2D eigenvalue weighted by Crippen LogP contribution is 2.33. The van der Waals surface area contributed by atoms with E-state index in [4.69, 9.17) is 5.11 Å². The molecule has 0 bridgehead atoms. The zero-order chi connectivity index (χ0) is 17.4. The normalized spacial score (nSPS) is 23.1. The molecule has 0 aliphatic heterocycles. The van der Waals surface area contributed by atoms with E-state index in [0.29, 0.717) is 25.2 Å². The van der Waals surface area contributed by atoms with Crippen LogP contribution in [0.25, 0.3) is 0 Å². The topological polar surface area (TPSA) is 74.6 Å². The van der Waals surface area contributed by atoms with Crippen molar-refractivity contribution in [1.29, 1.82) is 0 Å². The van der Waals surface area contributed by atoms with Crippen LogP contribution >= 0.6 is 0 Å². The Morgan fingerprint density at radius 2 is 2.04 bits per heavy atom. The monoisotopic (exact) mass is 334 g/mol. The molecule has 0 saturated heterocycles. The number of allylic oxidation sites excluding steroid dienone is 4. The molecule has 0 radical (unpaired) electrons. The summed E-state index contributed by atoms with van der Waals surface area (Å²) in [6.07, 6.45) is 15.0. The molecule has 24 heavy (non-hydrogen) atoms. The van der Waals surface area contributed by atoms with E-state index in [-0.39, 0.29) is 24.2 Å². The molecule has 0 amide bonds. The minimum absolute atomic E-state index is 0.0310. The molecule has 4 heteroatoms. The predicted molar refractivity (Wildman–Crippen MR) is 93.6 cm³/mol. The second-order valence-electron chi connectivity index (χ2n) is 7.15. The molecule has 2 aliphatic rings. The molecule has 2 aliphatic carbocycles. The van der Waals surface area contributed by atoms with Gasteiger partial charge < -0.3 is 10.2 Å². The lowest BCUT2D eigenvalue weighted by molar-refractivity contribution is -0.137. The lowest BCUT2D eigenvalue weighted by Crippen LogP contribution is -2.18. The standard InChI is InChI=1S/C20H30O4/c21-18(16-7-5-6-8-16)13-11-15-12-14-19(22)17(15)9-3-1-2-4-10-20(23)24/h1,3,12,16-18,21H,2,4-11,13-14H2,(H,23,24)/b3-1-/t17-,18+/m1/s1. The quantitative estimate of drug-likeness (QED) is 0.467. The number of aliphatic hydroxyl groups is 1. The van der Waals surface area contributed by atoms with Gasteiger partial charge in [-0.05, 0) is 50.9 Å². The van der Waals surface area contributed by atoms with E-state index in [1.54, 1.807) is 0 Å². The third-order valence-electron chi connectivity index (χ3n) is 5.37. The maximum Gasteiger partial charge on any atom is 0.303 e. The first-order valence-electron chi connectivity index (χ1n) is 9.34. The van der Waals surface area contributed by atoms with E-state index in [9.17, 15) is 14.7 Å². The van der Waals surface area contributed by atoms with E-state index in [0.717, 1.165) is 32.1 Å². The van der Waals surface area contributed by atoms with Gasteiger partial charge in [0.2, 0.25) is 0 Å². The average molecular weight is 334 g/mol. The predicted octanol–water partition coefficient (Wildman–Crippen LogP) is 4.03. The Balaban J connectivity index is 1.72. The van der Waals surface area contributed by atoms with E-state index in [1.807, 2.05) is 18.2 Å². The van der Waals surface area contributed by atoms with Crippen molar-refractivity contribution in [3.63, 3.8) is 0 Å². The first-order valence-corrected chi connectivity index (χ1v) is 9.34. The van der Waals surface area contributed by atoms with Crippen LogP contribution in [-0.4, -0.2) is 28.1 Å². The number of carbonyl (C=O) groups excluding carboxylic acids is 1. The second-order valence-corrected chi connectivity index (χ2v) is 7.15. The molecule has 0 aromatic carbocycles. The number of unbranched alkanes of at least 4 members (excludes halogenated alkanes) is 1. The first-order chi connectivity index (χ1) is 11.6. The molecular weight excluding hydrogens is 304 g/mol. The fourth-order valence-electron chi connectivity index (χ4n) is 3.90. The SMILES string of the molecule is O=C(O)CCC/C=C\C[C@H]1C(=O)CC=C1CC[C@H](O)C1CCCC1. The van der Waals surface area contributed by atoms with Gasteiger partial charge in [-0.15, -0.1) is 0 Å². The largest absolute Gasteiger partial charge is 0.481 e. The van der Waals surface area contributed by atoms with E-state index >= 15 is 0 Å². The molecule has 1 saturated carbocycles. The van der Waals surface area contributed by atoms with Crippen molar-refractivity contribution in [1.82, 2.24) is 0 Å². The summed E-state index contributed by atoms with van der Waals surface area (Å²) in [7, 11) is 0. The van der Waals surface area contributed by atoms with Gasteiger partial charge in [-0.25, -0.2) is 0 Å². The van der Waals surface area contributed by atoms with Crippen molar-refractivity contribution >= 4 is 11.8 Å². The summed E-state index contributed by atoms with van der Waals surface area (Å²) < 4.78 is 0. The summed E-state index contributed by atoms with van der Waals surface area (Å²) in [6, 6.07) is 0. The van der Waals surface area contributed by atoms with E-state index in [2.05, 4.69) is 0 Å². The van der Waals surface area contributed by atoms with Gasteiger partial charge in [-0.2, -0.15) is 0 Å². The third-order valence-corrected chi connectivity index (χ3v) is 5.37. The maximum absolute atomic E-state index is 12.1. The average Bonchev–Trinajstić information content (AvgIpc) is 3.19. The summed E-state index contributed by atoms with van der Waals surface area (Å²) in [5, 5.41) is 18.9. The minimum Gasteiger partial charge on any atom is -0.481 e. The molecule has 0 spiro atoms. The number of aliphatic hydroxyl groups excluding tert-OH is 1. The van der Waals surface area contributed by atoms with Crippen LogP contribution in [0.4, 0.5) is 0 Å². The molecule has 0 unspecified atom stereocenters. The fraction of sp³-hybridized carbons (Fsp3) is 0.700. The molecule has 0 heterocycles. The molecule has 0 aromatic heterocycles. The summed E-state index contributed by atoms with van der Waals surface area (Å²) in [4.78, 5) is 22.5. The molecule has 2 rings (SSSR count). The number of ketones is 1. The van der Waals surface area contributed by atoms with Gasteiger partial charge in [0.1, 0.15) is 5.78 Å². The van der Waals surface area contributed by atoms with Crippen molar-refractivity contribution in [2.75, 3.05) is 0 Å². The van der Waals surface area contributed by atoms with Crippen LogP contribution in [-0.2, 0) is 9.59 Å². The molecule has 0 aromatic rings. The molecule has 134 valence electrons. The highest BCUT2D eigenvalue weighted by Gasteiger charge is 2.28. The Kier molecular flexibility index (Phi) is 7.70. The van der Waals surface area contributed by atoms with Crippen LogP contribution in [0.5, 0.6) is 0 Å². The zero-order valence-electron chi connectivity index (χ0n) is 14.5. The van der Waals surface area contributed by atoms with Crippen LogP contribution in [0.2, 0.25) is 0 Å². The maximum atomic E-state index is 12.1. The lowest BCUT2D eigenvalue weighted by Gasteiger charge is -2.19. The van der Waals surface area contributed by atoms with Crippen molar-refractivity contribution in [2.45, 2.75) is 76.7 Å². The Morgan fingerprint density at radius 1 is 1.29 bits per heavy atom. The number of carboxylic acid groups (broad SMARTS) is 1. The van der Waals surface area contributed by atoms with Crippen LogP contribution in [0.15, 0.2) is 23.8 Å². The molecule has 2 atom stereocenters. The zero-order valence-corrected chi connectivity index (χ0v) is 14.5. The smallest absolute Gasteiger partial charge is 0.303 e. The second kappa shape index (κ2) is 9.77. The van der Waals surface area contributed by atoms with E-state index in [1.165, 1.54) is 18.4 Å². The minimum atomic E-state index is -0.764. The van der Waals surface area contributed by atoms with Crippen molar-refractivity contribution < 1.29 is 19.8 Å². The van der Waals surface area contributed by atoms with Crippen molar-refractivity contribution in [3.8, 4) is 0 Å². The Hall–Kier alpha value is -1.42. The van der Waals surface area contributed by atoms with Crippen LogP contribution < -0.4 is 0 Å². The highest BCUT2D eigenvalue weighted by molar-refractivity contribution is 5.88. The van der Waals surface area contributed by atoms with Crippen LogP contribution in [0, 0.1) is 11.8 Å². The third kappa shape index (κ3) is 5.90. The molecular formula is C20H30O4. The summed E-state index contributed by atoms with van der Waals surface area (Å²) in [5.74, 6) is -0.0669. The number of hydrogen-bond acceptors (Lipinski definition) is 3. The summed E-state index contributed by atoms with van der Waals surface area (Å²) in [5.41, 5.74) is 1.19. The lowest BCUT2D eigenvalue weighted by atomic mass is 9.89. The molecule has 4 nitrogen and oxygen atoms in total. The van der Waals surface area contributed by atoms with Crippen LogP contribution in [0.3, 0.4) is 0 Å².